The van der Waals surface area contributed by atoms with Crippen LogP contribution in [0, 0.1) is 0 Å². The van der Waals surface area contributed by atoms with Crippen LogP contribution < -0.4 is 4.90 Å². The number of fused-ring (bicyclic) bond motifs is 1. The largest absolute Gasteiger partial charge is 0.308 e. The lowest BCUT2D eigenvalue weighted by Crippen LogP contribution is -2.35. The summed E-state index contributed by atoms with van der Waals surface area (Å²) in [4.78, 5) is 19.2. The molecule has 0 spiro atoms. The number of nitrogens with zero attached hydrogens (tertiary/aromatic N) is 2. The minimum Gasteiger partial charge on any atom is -0.308 e. The van der Waals surface area contributed by atoms with Crippen LogP contribution in [0.2, 0.25) is 0 Å². The third-order valence-corrected chi connectivity index (χ3v) is 4.97. The molecular formula is C19H16N2OS. The minimum atomic E-state index is 0.0653. The van der Waals surface area contributed by atoms with Crippen molar-refractivity contribution < 1.29 is 4.79 Å². The van der Waals surface area contributed by atoms with Crippen LogP contribution in [0.5, 0.6) is 0 Å². The summed E-state index contributed by atoms with van der Waals surface area (Å²) >= 11 is 1.58. The third kappa shape index (κ3) is 2.66. The van der Waals surface area contributed by atoms with E-state index in [1.165, 1.54) is 5.56 Å². The molecule has 0 fully saturated rings. The maximum atomic E-state index is 13.0. The Bertz CT molecular complexity index is 842. The molecule has 23 heavy (non-hydrogen) atoms. The van der Waals surface area contributed by atoms with Crippen LogP contribution in [0.25, 0.3) is 10.6 Å². The fourth-order valence-corrected chi connectivity index (χ4v) is 3.69. The number of rotatable bonds is 2. The number of para-hydroxylation sites is 1. The van der Waals surface area contributed by atoms with Crippen LogP contribution >= 0.6 is 11.3 Å². The summed E-state index contributed by atoms with van der Waals surface area (Å²) in [7, 11) is 0. The van der Waals surface area contributed by atoms with E-state index >= 15 is 0 Å². The fraction of sp³-hybridized carbons (Fsp3) is 0.158. The van der Waals surface area contributed by atoms with Crippen molar-refractivity contribution in [1.82, 2.24) is 4.98 Å². The normalized spacial score (nSPS) is 13.7. The monoisotopic (exact) mass is 320 g/mol. The van der Waals surface area contributed by atoms with Crippen LogP contribution in [0.3, 0.4) is 0 Å². The molecule has 114 valence electrons. The topological polar surface area (TPSA) is 33.2 Å². The standard InChI is InChI=1S/C19H16N2OS/c22-19(21-11-4-8-14-5-1-2-9-17(14)21)16-7-3-6-15(13-16)18-20-10-12-23-18/h1-3,5-7,9-10,12-13H,4,8,11H2. The zero-order valence-electron chi connectivity index (χ0n) is 12.6. The quantitative estimate of drug-likeness (QED) is 0.701. The van der Waals surface area contributed by atoms with Gasteiger partial charge in [-0.25, -0.2) is 4.98 Å². The number of carbonyl (C=O) groups is 1. The molecule has 0 atom stereocenters. The van der Waals surface area contributed by atoms with Crippen molar-refractivity contribution in [3.63, 3.8) is 0 Å². The molecular weight excluding hydrogens is 304 g/mol. The molecule has 1 aliphatic rings. The van der Waals surface area contributed by atoms with E-state index in [1.54, 1.807) is 17.5 Å². The fourth-order valence-electron chi connectivity index (χ4n) is 3.05. The van der Waals surface area contributed by atoms with E-state index in [1.807, 2.05) is 52.7 Å². The molecule has 2 heterocycles. The second-order valence-corrected chi connectivity index (χ2v) is 6.50. The highest BCUT2D eigenvalue weighted by atomic mass is 32.1. The van der Waals surface area contributed by atoms with Gasteiger partial charge in [-0.1, -0.05) is 30.3 Å². The molecule has 1 aliphatic heterocycles. The van der Waals surface area contributed by atoms with Gasteiger partial charge in [0.25, 0.3) is 5.91 Å². The summed E-state index contributed by atoms with van der Waals surface area (Å²) in [6.07, 6.45) is 3.84. The molecule has 0 saturated heterocycles. The third-order valence-electron chi connectivity index (χ3n) is 4.14. The van der Waals surface area contributed by atoms with Crippen LogP contribution in [0.1, 0.15) is 22.3 Å². The molecule has 0 saturated carbocycles. The van der Waals surface area contributed by atoms with Crippen molar-refractivity contribution in [2.24, 2.45) is 0 Å². The first kappa shape index (κ1) is 14.2. The van der Waals surface area contributed by atoms with Crippen molar-refractivity contribution >= 4 is 22.9 Å². The Hall–Kier alpha value is -2.46. The molecule has 1 amide bonds. The number of hydrogen-bond donors (Lipinski definition) is 0. The van der Waals surface area contributed by atoms with Crippen molar-refractivity contribution in [2.45, 2.75) is 12.8 Å². The second-order valence-electron chi connectivity index (χ2n) is 5.61. The lowest BCUT2D eigenvalue weighted by atomic mass is 10.0. The van der Waals surface area contributed by atoms with Crippen molar-refractivity contribution in [1.29, 1.82) is 0 Å². The second kappa shape index (κ2) is 5.97. The van der Waals surface area contributed by atoms with Crippen molar-refractivity contribution in [3.8, 4) is 10.6 Å². The summed E-state index contributed by atoms with van der Waals surface area (Å²) in [6.45, 7) is 0.775. The number of benzene rings is 2. The van der Waals surface area contributed by atoms with Gasteiger partial charge in [0.05, 0.1) is 0 Å². The zero-order chi connectivity index (χ0) is 15.6. The van der Waals surface area contributed by atoms with E-state index in [0.29, 0.717) is 0 Å². The van der Waals surface area contributed by atoms with E-state index in [0.717, 1.165) is 41.2 Å². The van der Waals surface area contributed by atoms with Gasteiger partial charge in [-0.2, -0.15) is 0 Å². The Kier molecular flexibility index (Phi) is 3.67. The van der Waals surface area contributed by atoms with Crippen LogP contribution in [0.4, 0.5) is 5.69 Å². The van der Waals surface area contributed by atoms with Gasteiger partial charge in [0, 0.05) is 34.9 Å². The Morgan fingerprint density at radius 2 is 2.04 bits per heavy atom. The molecule has 0 unspecified atom stereocenters. The average molecular weight is 320 g/mol. The highest BCUT2D eigenvalue weighted by Gasteiger charge is 2.23. The Morgan fingerprint density at radius 1 is 1.13 bits per heavy atom. The molecule has 3 aromatic rings. The smallest absolute Gasteiger partial charge is 0.258 e. The predicted molar refractivity (Wildman–Crippen MR) is 94.0 cm³/mol. The molecule has 3 nitrogen and oxygen atoms in total. The van der Waals surface area contributed by atoms with Gasteiger partial charge in [0.15, 0.2) is 0 Å². The molecule has 0 aliphatic carbocycles. The van der Waals surface area contributed by atoms with Gasteiger partial charge in [-0.15, -0.1) is 11.3 Å². The number of aryl methyl sites for hydroxylation is 1. The first-order chi connectivity index (χ1) is 11.3. The van der Waals surface area contributed by atoms with Crippen molar-refractivity contribution in [3.05, 3.63) is 71.2 Å². The summed E-state index contributed by atoms with van der Waals surface area (Å²) in [5.74, 6) is 0.0653. The van der Waals surface area contributed by atoms with E-state index in [2.05, 4.69) is 11.1 Å². The van der Waals surface area contributed by atoms with Crippen molar-refractivity contribution in [2.75, 3.05) is 11.4 Å². The summed E-state index contributed by atoms with van der Waals surface area (Å²) < 4.78 is 0. The highest BCUT2D eigenvalue weighted by Crippen LogP contribution is 2.29. The summed E-state index contributed by atoms with van der Waals surface area (Å²) in [5.41, 5.74) is 4.01. The van der Waals surface area contributed by atoms with E-state index < -0.39 is 0 Å². The lowest BCUT2D eigenvalue weighted by Gasteiger charge is -2.29. The molecule has 4 heteroatoms. The predicted octanol–water partition coefficient (Wildman–Crippen LogP) is 4.40. The maximum Gasteiger partial charge on any atom is 0.258 e. The lowest BCUT2D eigenvalue weighted by molar-refractivity contribution is 0.0985. The van der Waals surface area contributed by atoms with Gasteiger partial charge in [0.1, 0.15) is 5.01 Å². The van der Waals surface area contributed by atoms with E-state index in [-0.39, 0.29) is 5.91 Å². The first-order valence-electron chi connectivity index (χ1n) is 7.72. The van der Waals surface area contributed by atoms with Gasteiger partial charge >= 0.3 is 0 Å². The highest BCUT2D eigenvalue weighted by molar-refractivity contribution is 7.13. The molecule has 0 bridgehead atoms. The van der Waals surface area contributed by atoms with Crippen LogP contribution in [-0.4, -0.2) is 17.4 Å². The summed E-state index contributed by atoms with van der Waals surface area (Å²) in [6, 6.07) is 15.9. The summed E-state index contributed by atoms with van der Waals surface area (Å²) in [5, 5.41) is 2.89. The molecule has 0 N–H and O–H groups in total. The van der Waals surface area contributed by atoms with E-state index in [4.69, 9.17) is 0 Å². The number of thiazole rings is 1. The Labute approximate surface area is 139 Å². The first-order valence-corrected chi connectivity index (χ1v) is 8.60. The van der Waals surface area contributed by atoms with Gasteiger partial charge in [0.2, 0.25) is 0 Å². The number of anilines is 1. The molecule has 1 aromatic heterocycles. The van der Waals surface area contributed by atoms with Gasteiger partial charge in [-0.05, 0) is 36.6 Å². The molecule has 0 radical (unpaired) electrons. The Balaban J connectivity index is 1.69. The van der Waals surface area contributed by atoms with Crippen LogP contribution in [-0.2, 0) is 6.42 Å². The zero-order valence-corrected chi connectivity index (χ0v) is 13.4. The maximum absolute atomic E-state index is 13.0. The minimum absolute atomic E-state index is 0.0653. The number of amides is 1. The van der Waals surface area contributed by atoms with Crippen LogP contribution in [0.15, 0.2) is 60.1 Å². The number of aromatic nitrogens is 1. The molecule has 2 aromatic carbocycles. The SMILES string of the molecule is O=C(c1cccc(-c2nccs2)c1)N1CCCc2ccccc21. The average Bonchev–Trinajstić information content (AvgIpc) is 3.15. The number of carbonyl (C=O) groups excluding carboxylic acids is 1. The Morgan fingerprint density at radius 3 is 2.91 bits per heavy atom. The van der Waals surface area contributed by atoms with E-state index in [9.17, 15) is 4.79 Å². The molecule has 4 rings (SSSR count). The van der Waals surface area contributed by atoms with Gasteiger partial charge < -0.3 is 4.90 Å². The number of hydrogen-bond acceptors (Lipinski definition) is 3. The van der Waals surface area contributed by atoms with Gasteiger partial charge in [-0.3, -0.25) is 4.79 Å².